The van der Waals surface area contributed by atoms with E-state index in [1.807, 2.05) is 19.9 Å². The number of methoxy groups -OCH3 is 2. The van der Waals surface area contributed by atoms with Crippen molar-refractivity contribution >= 4 is 0 Å². The SMILES string of the molecule is C=C(OC)/C(C)=C\C.CCC(C)(C)CC.CCCCC.CCCCCC.CCCOC. The van der Waals surface area contributed by atoms with Crippen LogP contribution in [0.2, 0.25) is 0 Å². The van der Waals surface area contributed by atoms with Gasteiger partial charge in [0.1, 0.15) is 5.76 Å². The minimum absolute atomic E-state index is 0.583. The van der Waals surface area contributed by atoms with Crippen molar-refractivity contribution in [1.29, 1.82) is 0 Å². The van der Waals surface area contributed by atoms with E-state index in [-0.39, 0.29) is 0 Å². The van der Waals surface area contributed by atoms with Crippen LogP contribution in [0.15, 0.2) is 24.0 Å². The third kappa shape index (κ3) is 53.0. The molecule has 0 aromatic carbocycles. The molecule has 0 aromatic rings. The fourth-order valence-corrected chi connectivity index (χ4v) is 1.63. The van der Waals surface area contributed by atoms with Crippen molar-refractivity contribution in [2.75, 3.05) is 20.8 Å². The summed E-state index contributed by atoms with van der Waals surface area (Å²) in [6.07, 6.45) is 15.3. The lowest BCUT2D eigenvalue weighted by molar-refractivity contribution is 0.199. The molecule has 2 nitrogen and oxygen atoms in total. The Balaban J connectivity index is -0.0000000920. The van der Waals surface area contributed by atoms with Crippen molar-refractivity contribution in [3.8, 4) is 0 Å². The molecular weight excluding hydrogens is 380 g/mol. The smallest absolute Gasteiger partial charge is 0.114 e. The van der Waals surface area contributed by atoms with E-state index < -0.39 is 0 Å². The van der Waals surface area contributed by atoms with Crippen molar-refractivity contribution in [2.24, 2.45) is 5.41 Å². The van der Waals surface area contributed by atoms with Gasteiger partial charge in [-0.25, -0.2) is 0 Å². The summed E-state index contributed by atoms with van der Waals surface area (Å²) in [5, 5.41) is 0. The maximum atomic E-state index is 4.84. The average molecular weight is 445 g/mol. The van der Waals surface area contributed by atoms with Gasteiger partial charge in [-0.3, -0.25) is 0 Å². The predicted octanol–water partition coefficient (Wildman–Crippen LogP) is 10.8. The first-order chi connectivity index (χ1) is 14.6. The number of hydrogen-bond acceptors (Lipinski definition) is 2. The zero-order valence-electron chi connectivity index (χ0n) is 24.4. The van der Waals surface area contributed by atoms with Gasteiger partial charge >= 0.3 is 0 Å². The second-order valence-corrected chi connectivity index (χ2v) is 8.52. The number of unbranched alkanes of at least 4 members (excludes halogenated alkanes) is 5. The lowest BCUT2D eigenvalue weighted by Gasteiger charge is -2.18. The van der Waals surface area contributed by atoms with Gasteiger partial charge in [-0.05, 0) is 31.3 Å². The summed E-state index contributed by atoms with van der Waals surface area (Å²) in [5.74, 6) is 0.743. The molecule has 31 heavy (non-hydrogen) atoms. The Morgan fingerprint density at radius 2 is 1.13 bits per heavy atom. The molecule has 0 rings (SSSR count). The Labute approximate surface area is 200 Å². The van der Waals surface area contributed by atoms with Gasteiger partial charge in [0, 0.05) is 13.7 Å². The van der Waals surface area contributed by atoms with E-state index in [1.165, 1.54) is 57.8 Å². The van der Waals surface area contributed by atoms with Crippen LogP contribution in [0.4, 0.5) is 0 Å². The molecule has 2 heteroatoms. The van der Waals surface area contributed by atoms with E-state index in [0.29, 0.717) is 5.41 Å². The van der Waals surface area contributed by atoms with Crippen LogP contribution in [-0.2, 0) is 9.47 Å². The lowest BCUT2D eigenvalue weighted by Crippen LogP contribution is -2.05. The fraction of sp³-hybridized carbons (Fsp3) is 0.862. The van der Waals surface area contributed by atoms with E-state index in [9.17, 15) is 0 Å². The highest BCUT2D eigenvalue weighted by Gasteiger charge is 2.09. The summed E-state index contributed by atoms with van der Waals surface area (Å²) in [4.78, 5) is 0. The minimum atomic E-state index is 0.583. The number of rotatable bonds is 11. The van der Waals surface area contributed by atoms with Crippen LogP contribution >= 0.6 is 0 Å². The van der Waals surface area contributed by atoms with Crippen LogP contribution in [0.1, 0.15) is 140 Å². The first kappa shape index (κ1) is 40.6. The van der Waals surface area contributed by atoms with Crippen molar-refractivity contribution in [3.63, 3.8) is 0 Å². The molecule has 0 heterocycles. The molecule has 0 spiro atoms. The maximum absolute atomic E-state index is 4.84. The monoisotopic (exact) mass is 444 g/mol. The molecule has 0 bridgehead atoms. The van der Waals surface area contributed by atoms with Gasteiger partial charge in [0.25, 0.3) is 0 Å². The van der Waals surface area contributed by atoms with Crippen molar-refractivity contribution in [1.82, 2.24) is 0 Å². The van der Waals surface area contributed by atoms with Crippen molar-refractivity contribution in [3.05, 3.63) is 24.0 Å². The standard InChI is InChI=1S/C7H12O.C7H16.C6H14.C5H12.C4H10O/c1-5-6(2)7(3)8-4;1-5-7(3,4)6-2;1-3-5-6-4-2;1-3-5-4-2;1-3-4-5-2/h5H,3H2,1-2,4H3;5-6H2,1-4H3;3-6H2,1-2H3;3-5H2,1-2H3;3-4H2,1-2H3/b6-5-;;;;. The maximum Gasteiger partial charge on any atom is 0.114 e. The molecule has 0 atom stereocenters. The van der Waals surface area contributed by atoms with Crippen LogP contribution in [0.25, 0.3) is 0 Å². The van der Waals surface area contributed by atoms with Crippen molar-refractivity contribution in [2.45, 2.75) is 140 Å². The summed E-state index contributed by atoms with van der Waals surface area (Å²) < 4.78 is 9.53. The van der Waals surface area contributed by atoms with E-state index in [1.54, 1.807) is 14.2 Å². The number of ether oxygens (including phenoxy) is 2. The molecule has 0 aliphatic carbocycles. The first-order valence-corrected chi connectivity index (χ1v) is 12.9. The third-order valence-electron chi connectivity index (χ3n) is 5.11. The van der Waals surface area contributed by atoms with Gasteiger partial charge < -0.3 is 9.47 Å². The molecular formula is C29H64O2. The Hall–Kier alpha value is -0.760. The second kappa shape index (κ2) is 36.6. The van der Waals surface area contributed by atoms with Gasteiger partial charge in [-0.2, -0.15) is 0 Å². The molecule has 0 saturated carbocycles. The summed E-state index contributed by atoms with van der Waals surface area (Å²) in [7, 11) is 3.33. The average Bonchev–Trinajstić information content (AvgIpc) is 2.79. The number of hydrogen-bond donors (Lipinski definition) is 0. The Bertz CT molecular complexity index is 310. The Kier molecular flexibility index (Phi) is 47.9. The van der Waals surface area contributed by atoms with Gasteiger partial charge in [0.15, 0.2) is 0 Å². The first-order valence-electron chi connectivity index (χ1n) is 12.9. The zero-order chi connectivity index (χ0) is 25.6. The summed E-state index contributed by atoms with van der Waals surface area (Å²) in [6, 6.07) is 0. The number of allylic oxidation sites excluding steroid dienone is 2. The molecule has 192 valence electrons. The molecule has 0 aromatic heterocycles. The van der Waals surface area contributed by atoms with E-state index in [4.69, 9.17) is 9.47 Å². The molecule has 0 N–H and O–H groups in total. The van der Waals surface area contributed by atoms with E-state index in [0.717, 1.165) is 24.4 Å². The second-order valence-electron chi connectivity index (χ2n) is 8.52. The molecule has 0 aliphatic rings. The highest BCUT2D eigenvalue weighted by atomic mass is 16.5. The minimum Gasteiger partial charge on any atom is -0.497 e. The molecule has 0 unspecified atom stereocenters. The fourth-order valence-electron chi connectivity index (χ4n) is 1.63. The van der Waals surface area contributed by atoms with Crippen LogP contribution in [0.3, 0.4) is 0 Å². The highest BCUT2D eigenvalue weighted by Crippen LogP contribution is 2.22. The largest absolute Gasteiger partial charge is 0.497 e. The highest BCUT2D eigenvalue weighted by molar-refractivity contribution is 5.19. The Morgan fingerprint density at radius 1 is 0.742 bits per heavy atom. The molecule has 0 saturated heterocycles. The quantitative estimate of drug-likeness (QED) is 0.179. The summed E-state index contributed by atoms with van der Waals surface area (Å²) >= 11 is 0. The van der Waals surface area contributed by atoms with Gasteiger partial charge in [-0.1, -0.05) is 133 Å². The van der Waals surface area contributed by atoms with Gasteiger partial charge in [0.2, 0.25) is 0 Å². The van der Waals surface area contributed by atoms with Crippen LogP contribution in [-0.4, -0.2) is 20.8 Å². The molecule has 0 amide bonds. The third-order valence-corrected chi connectivity index (χ3v) is 5.11. The van der Waals surface area contributed by atoms with Crippen LogP contribution in [0.5, 0.6) is 0 Å². The van der Waals surface area contributed by atoms with E-state index >= 15 is 0 Å². The lowest BCUT2D eigenvalue weighted by atomic mass is 9.88. The van der Waals surface area contributed by atoms with Crippen molar-refractivity contribution < 1.29 is 9.47 Å². The van der Waals surface area contributed by atoms with E-state index in [2.05, 4.69) is 68.9 Å². The summed E-state index contributed by atoms with van der Waals surface area (Å²) in [6.45, 7) is 28.5. The van der Waals surface area contributed by atoms with Gasteiger partial charge in [0.05, 0.1) is 7.11 Å². The predicted molar refractivity (Wildman–Crippen MR) is 147 cm³/mol. The molecule has 0 aliphatic heterocycles. The van der Waals surface area contributed by atoms with Gasteiger partial charge in [-0.15, -0.1) is 0 Å². The van der Waals surface area contributed by atoms with Crippen LogP contribution < -0.4 is 0 Å². The summed E-state index contributed by atoms with van der Waals surface area (Å²) in [5.41, 5.74) is 1.67. The molecule has 0 radical (unpaired) electrons. The normalized spacial score (nSPS) is 10.0. The zero-order valence-corrected chi connectivity index (χ0v) is 24.4. The molecule has 0 fully saturated rings. The van der Waals surface area contributed by atoms with Crippen LogP contribution in [0, 0.1) is 5.41 Å². The Morgan fingerprint density at radius 3 is 1.19 bits per heavy atom. The topological polar surface area (TPSA) is 18.5 Å².